The van der Waals surface area contributed by atoms with Gasteiger partial charge in [0.25, 0.3) is 0 Å². The fourth-order valence-electron chi connectivity index (χ4n) is 5.59. The van der Waals surface area contributed by atoms with Crippen LogP contribution in [0.25, 0.3) is 0 Å². The van der Waals surface area contributed by atoms with Crippen LogP contribution in [0.1, 0.15) is 42.0 Å². The first-order chi connectivity index (χ1) is 15.1. The average Bonchev–Trinajstić information content (AvgIpc) is 2.79. The molecule has 0 radical (unpaired) electrons. The van der Waals surface area contributed by atoms with Gasteiger partial charge in [-0.25, -0.2) is 4.79 Å². The number of hydrogen-bond donors (Lipinski definition) is 1. The summed E-state index contributed by atoms with van der Waals surface area (Å²) in [6.45, 7) is 2.05. The number of urea groups is 1. The van der Waals surface area contributed by atoms with Crippen LogP contribution in [-0.2, 0) is 17.6 Å². The number of piperidine rings is 2. The van der Waals surface area contributed by atoms with Crippen LogP contribution in [0.3, 0.4) is 0 Å². The van der Waals surface area contributed by atoms with E-state index in [-0.39, 0.29) is 29.9 Å². The normalized spacial score (nSPS) is 24.8. The van der Waals surface area contributed by atoms with E-state index in [1.807, 2.05) is 40.1 Å². The summed E-state index contributed by atoms with van der Waals surface area (Å²) in [4.78, 5) is 30.4. The maximum Gasteiger partial charge on any atom is 0.317 e. The van der Waals surface area contributed by atoms with Crippen LogP contribution in [0.5, 0.6) is 0 Å². The van der Waals surface area contributed by atoms with Gasteiger partial charge in [-0.05, 0) is 60.9 Å². The van der Waals surface area contributed by atoms with Crippen molar-refractivity contribution < 1.29 is 9.59 Å². The van der Waals surface area contributed by atoms with Gasteiger partial charge in [-0.15, -0.1) is 0 Å². The molecule has 0 aliphatic carbocycles. The molecule has 0 aromatic heterocycles. The Morgan fingerprint density at radius 2 is 1.97 bits per heavy atom. The number of fused-ring (bicyclic) bond motifs is 4. The number of amides is 3. The van der Waals surface area contributed by atoms with Gasteiger partial charge in [0.15, 0.2) is 0 Å². The van der Waals surface area contributed by atoms with Gasteiger partial charge in [0.05, 0.1) is 12.0 Å². The molecule has 0 unspecified atom stereocenters. The van der Waals surface area contributed by atoms with E-state index in [0.717, 1.165) is 43.7 Å². The standard InChI is InChI=1S/C25H28ClN3O2/c26-19-8-9-20-18(15-19)11-14-28-22(20)16-23-21(24(28)30)7-4-13-29(23)25(31)27-12-10-17-5-2-1-3-6-17/h1-3,5-6,8-9,15,21-23H,4,7,10-14,16H2,(H,27,31)/t21-,22+,23-/m0/s1. The van der Waals surface area contributed by atoms with Crippen LogP contribution < -0.4 is 5.32 Å². The highest BCUT2D eigenvalue weighted by Crippen LogP contribution is 2.44. The predicted molar refractivity (Wildman–Crippen MR) is 121 cm³/mol. The van der Waals surface area contributed by atoms with Crippen molar-refractivity contribution in [3.8, 4) is 0 Å². The monoisotopic (exact) mass is 437 g/mol. The van der Waals surface area contributed by atoms with E-state index < -0.39 is 0 Å². The molecule has 2 saturated heterocycles. The van der Waals surface area contributed by atoms with Gasteiger partial charge in [0.2, 0.25) is 5.91 Å². The number of carbonyl (C=O) groups is 2. The molecule has 0 bridgehead atoms. The molecule has 2 aromatic carbocycles. The van der Waals surface area contributed by atoms with E-state index in [2.05, 4.69) is 23.5 Å². The Morgan fingerprint density at radius 3 is 2.81 bits per heavy atom. The molecule has 3 aliphatic heterocycles. The molecule has 2 fully saturated rings. The van der Waals surface area contributed by atoms with E-state index in [1.165, 1.54) is 16.7 Å². The first kappa shape index (κ1) is 20.4. The minimum Gasteiger partial charge on any atom is -0.338 e. The van der Waals surface area contributed by atoms with Crippen molar-refractivity contribution in [2.45, 2.75) is 44.2 Å². The summed E-state index contributed by atoms with van der Waals surface area (Å²) in [7, 11) is 0. The molecule has 0 saturated carbocycles. The molecule has 1 N–H and O–H groups in total. The Bertz CT molecular complexity index is 980. The molecule has 3 heterocycles. The highest BCUT2D eigenvalue weighted by Gasteiger charge is 2.48. The van der Waals surface area contributed by atoms with Crippen LogP contribution in [0.15, 0.2) is 48.5 Å². The van der Waals surface area contributed by atoms with E-state index in [1.54, 1.807) is 0 Å². The molecule has 5 nitrogen and oxygen atoms in total. The Balaban J connectivity index is 1.31. The Labute approximate surface area is 188 Å². The van der Waals surface area contributed by atoms with Gasteiger partial charge in [-0.1, -0.05) is 48.0 Å². The second kappa shape index (κ2) is 8.54. The van der Waals surface area contributed by atoms with Crippen LogP contribution in [0, 0.1) is 5.92 Å². The third kappa shape index (κ3) is 3.91. The van der Waals surface area contributed by atoms with E-state index in [4.69, 9.17) is 11.6 Å². The molecule has 6 heteroatoms. The van der Waals surface area contributed by atoms with Gasteiger partial charge >= 0.3 is 6.03 Å². The number of carbonyl (C=O) groups excluding carboxylic acids is 2. The molecule has 0 spiro atoms. The lowest BCUT2D eigenvalue weighted by atomic mass is 9.76. The number of rotatable bonds is 3. The van der Waals surface area contributed by atoms with Crippen molar-refractivity contribution in [2.75, 3.05) is 19.6 Å². The lowest BCUT2D eigenvalue weighted by Gasteiger charge is -2.51. The smallest absolute Gasteiger partial charge is 0.317 e. The van der Waals surface area contributed by atoms with Gasteiger partial charge in [-0.3, -0.25) is 4.79 Å². The Hall–Kier alpha value is -2.53. The van der Waals surface area contributed by atoms with E-state index >= 15 is 0 Å². The van der Waals surface area contributed by atoms with Crippen molar-refractivity contribution in [1.29, 1.82) is 0 Å². The van der Waals surface area contributed by atoms with Crippen LogP contribution in [0.4, 0.5) is 4.79 Å². The Kier molecular flexibility index (Phi) is 5.61. The Morgan fingerprint density at radius 1 is 1.13 bits per heavy atom. The molecule has 31 heavy (non-hydrogen) atoms. The molecule has 3 amide bonds. The fourth-order valence-corrected chi connectivity index (χ4v) is 5.78. The lowest BCUT2D eigenvalue weighted by Crippen LogP contribution is -2.61. The summed E-state index contributed by atoms with van der Waals surface area (Å²) in [5.41, 5.74) is 3.63. The number of nitrogens with zero attached hydrogens (tertiary/aromatic N) is 2. The van der Waals surface area contributed by atoms with Crippen molar-refractivity contribution in [2.24, 2.45) is 5.92 Å². The zero-order chi connectivity index (χ0) is 21.4. The predicted octanol–water partition coefficient (Wildman–Crippen LogP) is 4.20. The number of likely N-dealkylation sites (tertiary alicyclic amines) is 1. The molecule has 162 valence electrons. The average molecular weight is 438 g/mol. The third-order valence-corrected chi connectivity index (χ3v) is 7.33. The summed E-state index contributed by atoms with van der Waals surface area (Å²) in [6, 6.07) is 16.1. The molecule has 3 aliphatic rings. The van der Waals surface area contributed by atoms with Crippen LogP contribution in [-0.4, -0.2) is 47.4 Å². The fraction of sp³-hybridized carbons (Fsp3) is 0.440. The van der Waals surface area contributed by atoms with E-state index in [9.17, 15) is 9.59 Å². The van der Waals surface area contributed by atoms with Crippen LogP contribution >= 0.6 is 11.6 Å². The summed E-state index contributed by atoms with van der Waals surface area (Å²) >= 11 is 6.21. The summed E-state index contributed by atoms with van der Waals surface area (Å²) < 4.78 is 0. The first-order valence-corrected chi connectivity index (χ1v) is 11.7. The molecule has 5 rings (SSSR count). The highest BCUT2D eigenvalue weighted by molar-refractivity contribution is 6.30. The quantitative estimate of drug-likeness (QED) is 0.782. The van der Waals surface area contributed by atoms with Crippen molar-refractivity contribution in [1.82, 2.24) is 15.1 Å². The second-order valence-corrected chi connectivity index (χ2v) is 9.29. The molecular formula is C25H28ClN3O2. The summed E-state index contributed by atoms with van der Waals surface area (Å²) in [5.74, 6) is 0.127. The molecular weight excluding hydrogens is 410 g/mol. The zero-order valence-corrected chi connectivity index (χ0v) is 18.4. The van der Waals surface area contributed by atoms with Gasteiger partial charge < -0.3 is 15.1 Å². The van der Waals surface area contributed by atoms with Crippen molar-refractivity contribution in [3.63, 3.8) is 0 Å². The van der Waals surface area contributed by atoms with Crippen LogP contribution in [0.2, 0.25) is 5.02 Å². The molecule has 2 aromatic rings. The zero-order valence-electron chi connectivity index (χ0n) is 17.6. The second-order valence-electron chi connectivity index (χ2n) is 8.85. The SMILES string of the molecule is O=C1[C@H]2CCCN(C(=O)NCCc3ccccc3)[C@H]2C[C@@H]2c3ccc(Cl)cc3CCN12. The third-order valence-electron chi connectivity index (χ3n) is 7.10. The minimum absolute atomic E-state index is 0.0347. The molecule has 3 atom stereocenters. The summed E-state index contributed by atoms with van der Waals surface area (Å²) in [6.07, 6.45) is 4.20. The van der Waals surface area contributed by atoms with Crippen molar-refractivity contribution in [3.05, 3.63) is 70.2 Å². The topological polar surface area (TPSA) is 52.7 Å². The first-order valence-electron chi connectivity index (χ1n) is 11.3. The minimum atomic E-state index is -0.0845. The van der Waals surface area contributed by atoms with Gasteiger partial charge in [0.1, 0.15) is 0 Å². The number of halogens is 1. The number of hydrogen-bond acceptors (Lipinski definition) is 2. The maximum atomic E-state index is 13.4. The maximum absolute atomic E-state index is 13.4. The lowest BCUT2D eigenvalue weighted by molar-refractivity contribution is -0.148. The van der Waals surface area contributed by atoms with Gasteiger partial charge in [0, 0.05) is 30.7 Å². The largest absolute Gasteiger partial charge is 0.338 e. The van der Waals surface area contributed by atoms with E-state index in [0.29, 0.717) is 13.1 Å². The van der Waals surface area contributed by atoms with Gasteiger partial charge in [-0.2, -0.15) is 0 Å². The highest BCUT2D eigenvalue weighted by atomic mass is 35.5. The summed E-state index contributed by atoms with van der Waals surface area (Å²) in [5, 5.41) is 3.83. The number of nitrogens with one attached hydrogen (secondary N) is 1. The van der Waals surface area contributed by atoms with Crippen molar-refractivity contribution >= 4 is 23.5 Å². The number of benzene rings is 2.